The van der Waals surface area contributed by atoms with E-state index in [9.17, 15) is 22.4 Å². The van der Waals surface area contributed by atoms with E-state index in [-0.39, 0.29) is 18.4 Å². The third kappa shape index (κ3) is 4.57. The average Bonchev–Trinajstić information content (AvgIpc) is 2.39. The highest BCUT2D eigenvalue weighted by atomic mass is 35.5. The van der Waals surface area contributed by atoms with Crippen molar-refractivity contribution in [3.8, 4) is 0 Å². The van der Waals surface area contributed by atoms with Gasteiger partial charge in [0.1, 0.15) is 5.82 Å². The van der Waals surface area contributed by atoms with Gasteiger partial charge in [-0.3, -0.25) is 4.79 Å². The molecule has 2 N–H and O–H groups in total. The Morgan fingerprint density at radius 1 is 1.33 bits per heavy atom. The van der Waals surface area contributed by atoms with Gasteiger partial charge in [-0.25, -0.2) is 4.39 Å². The number of hydrogen-bond acceptors (Lipinski definition) is 2. The van der Waals surface area contributed by atoms with Gasteiger partial charge in [0, 0.05) is 12.6 Å². The smallest absolute Gasteiger partial charge is 0.348 e. The quantitative estimate of drug-likeness (QED) is 0.821. The van der Waals surface area contributed by atoms with Gasteiger partial charge >= 0.3 is 6.18 Å². The van der Waals surface area contributed by atoms with Crippen LogP contribution in [0.15, 0.2) is 18.2 Å². The predicted octanol–water partition coefficient (Wildman–Crippen LogP) is 2.75. The standard InChI is InChI=1S/C13H14F4N2O.ClH/c14-11-4-3-8(13(15,16)17)6-10(11)12(20)19-9-2-1-5-18-7-9;/h3-4,6,9,18H,1-2,5,7H2,(H,19,20);1H. The van der Waals surface area contributed by atoms with Crippen LogP contribution in [0.3, 0.4) is 0 Å². The summed E-state index contributed by atoms with van der Waals surface area (Å²) in [5.41, 5.74) is -1.61. The van der Waals surface area contributed by atoms with Crippen molar-refractivity contribution in [3.05, 3.63) is 35.1 Å². The Kier molecular flexibility index (Phi) is 5.98. The number of nitrogens with one attached hydrogen (secondary N) is 2. The van der Waals surface area contributed by atoms with E-state index in [4.69, 9.17) is 0 Å². The van der Waals surface area contributed by atoms with Gasteiger partial charge in [0.25, 0.3) is 5.91 Å². The topological polar surface area (TPSA) is 41.1 Å². The predicted molar refractivity (Wildman–Crippen MR) is 72.0 cm³/mol. The molecule has 21 heavy (non-hydrogen) atoms. The van der Waals surface area contributed by atoms with Crippen LogP contribution in [0.2, 0.25) is 0 Å². The molecule has 0 bridgehead atoms. The summed E-state index contributed by atoms with van der Waals surface area (Å²) in [6, 6.07) is 1.64. The Bertz CT molecular complexity index is 501. The first-order chi connectivity index (χ1) is 9.38. The van der Waals surface area contributed by atoms with E-state index in [1.54, 1.807) is 0 Å². The van der Waals surface area contributed by atoms with Gasteiger partial charge in [-0.15, -0.1) is 12.4 Å². The van der Waals surface area contributed by atoms with Crippen molar-refractivity contribution in [2.24, 2.45) is 0 Å². The summed E-state index contributed by atoms with van der Waals surface area (Å²) in [6.45, 7) is 1.37. The lowest BCUT2D eigenvalue weighted by molar-refractivity contribution is -0.137. The van der Waals surface area contributed by atoms with E-state index in [1.807, 2.05) is 0 Å². The third-order valence-corrected chi connectivity index (χ3v) is 3.17. The minimum atomic E-state index is -4.60. The summed E-state index contributed by atoms with van der Waals surface area (Å²) >= 11 is 0. The minimum absolute atomic E-state index is 0. The summed E-state index contributed by atoms with van der Waals surface area (Å²) in [4.78, 5) is 11.9. The lowest BCUT2D eigenvalue weighted by atomic mass is 10.1. The van der Waals surface area contributed by atoms with E-state index < -0.39 is 29.0 Å². The molecule has 1 aromatic rings. The molecule has 0 aliphatic carbocycles. The number of halogens is 5. The van der Waals surface area contributed by atoms with Crippen LogP contribution in [0.25, 0.3) is 0 Å². The van der Waals surface area contributed by atoms with Crippen molar-refractivity contribution in [2.75, 3.05) is 13.1 Å². The molecule has 1 aromatic carbocycles. The number of carbonyl (C=O) groups is 1. The highest BCUT2D eigenvalue weighted by Crippen LogP contribution is 2.30. The van der Waals surface area contributed by atoms with Gasteiger partial charge in [0.15, 0.2) is 0 Å². The zero-order valence-corrected chi connectivity index (χ0v) is 11.8. The third-order valence-electron chi connectivity index (χ3n) is 3.17. The molecule has 1 amide bonds. The SMILES string of the molecule is Cl.O=C(NC1CCCNC1)c1cc(C(F)(F)F)ccc1F. The van der Waals surface area contributed by atoms with Gasteiger partial charge in [0.05, 0.1) is 11.1 Å². The maximum atomic E-state index is 13.5. The van der Waals surface area contributed by atoms with E-state index >= 15 is 0 Å². The molecule has 1 saturated heterocycles. The fraction of sp³-hybridized carbons (Fsp3) is 0.462. The summed E-state index contributed by atoms with van der Waals surface area (Å²) in [5, 5.41) is 5.60. The molecule has 1 aliphatic heterocycles. The summed E-state index contributed by atoms with van der Waals surface area (Å²) in [6.07, 6.45) is -3.02. The Hall–Kier alpha value is -1.34. The molecule has 1 atom stereocenters. The van der Waals surface area contributed by atoms with E-state index in [0.29, 0.717) is 24.7 Å². The number of rotatable bonds is 2. The molecule has 0 aromatic heterocycles. The highest BCUT2D eigenvalue weighted by Gasteiger charge is 2.32. The van der Waals surface area contributed by atoms with Crippen LogP contribution in [0, 0.1) is 5.82 Å². The van der Waals surface area contributed by atoms with Gasteiger partial charge < -0.3 is 10.6 Å². The Balaban J connectivity index is 0.00000220. The molecule has 0 radical (unpaired) electrons. The maximum absolute atomic E-state index is 13.5. The van der Waals surface area contributed by atoms with E-state index in [1.165, 1.54) is 0 Å². The van der Waals surface area contributed by atoms with Crippen molar-refractivity contribution in [1.29, 1.82) is 0 Å². The Labute approximate surface area is 125 Å². The van der Waals surface area contributed by atoms with Gasteiger partial charge in [0.2, 0.25) is 0 Å². The molecule has 1 fully saturated rings. The molecule has 1 aliphatic rings. The molecule has 3 nitrogen and oxygen atoms in total. The monoisotopic (exact) mass is 326 g/mol. The summed E-state index contributed by atoms with van der Waals surface area (Å²) in [7, 11) is 0. The fourth-order valence-electron chi connectivity index (χ4n) is 2.11. The van der Waals surface area contributed by atoms with Crippen molar-refractivity contribution in [1.82, 2.24) is 10.6 Å². The van der Waals surface area contributed by atoms with E-state index in [2.05, 4.69) is 10.6 Å². The van der Waals surface area contributed by atoms with Gasteiger partial charge in [-0.2, -0.15) is 13.2 Å². The number of piperidine rings is 1. The summed E-state index contributed by atoms with van der Waals surface area (Å²) in [5.74, 6) is -1.78. The minimum Gasteiger partial charge on any atom is -0.348 e. The largest absolute Gasteiger partial charge is 0.416 e. The number of amides is 1. The van der Waals surface area contributed by atoms with Crippen molar-refractivity contribution >= 4 is 18.3 Å². The molecule has 0 spiro atoms. The lowest BCUT2D eigenvalue weighted by Crippen LogP contribution is -2.45. The van der Waals surface area contributed by atoms with Crippen molar-refractivity contribution < 1.29 is 22.4 Å². The average molecular weight is 327 g/mol. The number of carbonyl (C=O) groups excluding carboxylic acids is 1. The Morgan fingerprint density at radius 3 is 2.62 bits per heavy atom. The normalized spacial score (nSPS) is 18.8. The van der Waals surface area contributed by atoms with Gasteiger partial charge in [-0.1, -0.05) is 0 Å². The number of hydrogen-bond donors (Lipinski definition) is 2. The van der Waals surface area contributed by atoms with Crippen LogP contribution in [0.5, 0.6) is 0 Å². The van der Waals surface area contributed by atoms with Crippen LogP contribution in [-0.2, 0) is 6.18 Å². The first kappa shape index (κ1) is 17.7. The van der Waals surface area contributed by atoms with Crippen LogP contribution >= 0.6 is 12.4 Å². The second kappa shape index (κ2) is 7.09. The first-order valence-electron chi connectivity index (χ1n) is 6.26. The van der Waals surface area contributed by atoms with Crippen LogP contribution in [0.4, 0.5) is 17.6 Å². The van der Waals surface area contributed by atoms with E-state index in [0.717, 1.165) is 19.4 Å². The molecule has 1 unspecified atom stereocenters. The summed E-state index contributed by atoms with van der Waals surface area (Å²) < 4.78 is 51.2. The molecular weight excluding hydrogens is 312 g/mol. The maximum Gasteiger partial charge on any atom is 0.416 e. The molecule has 1 heterocycles. The van der Waals surface area contributed by atoms with Gasteiger partial charge in [-0.05, 0) is 37.6 Å². The highest BCUT2D eigenvalue weighted by molar-refractivity contribution is 5.94. The fourth-order valence-corrected chi connectivity index (χ4v) is 2.11. The first-order valence-corrected chi connectivity index (χ1v) is 6.26. The van der Waals surface area contributed by atoms with Crippen molar-refractivity contribution in [2.45, 2.75) is 25.1 Å². The molecular formula is C13H15ClF4N2O. The zero-order valence-electron chi connectivity index (χ0n) is 11.0. The van der Waals surface area contributed by atoms with Crippen LogP contribution in [0.1, 0.15) is 28.8 Å². The second-order valence-corrected chi connectivity index (χ2v) is 4.71. The van der Waals surface area contributed by atoms with Crippen LogP contribution in [-0.4, -0.2) is 25.0 Å². The molecule has 118 valence electrons. The second-order valence-electron chi connectivity index (χ2n) is 4.71. The molecule has 0 saturated carbocycles. The molecule has 2 rings (SSSR count). The van der Waals surface area contributed by atoms with Crippen LogP contribution < -0.4 is 10.6 Å². The number of benzene rings is 1. The lowest BCUT2D eigenvalue weighted by Gasteiger charge is -2.24. The van der Waals surface area contributed by atoms with Crippen molar-refractivity contribution in [3.63, 3.8) is 0 Å². The zero-order chi connectivity index (χ0) is 14.8. The molecule has 8 heteroatoms. The Morgan fingerprint density at radius 2 is 2.05 bits per heavy atom. The number of alkyl halides is 3.